The Kier molecular flexibility index (Phi) is 6.76. The largest absolute Gasteiger partial charge is 0.457 e. The summed E-state index contributed by atoms with van der Waals surface area (Å²) >= 11 is 1.08. The minimum Gasteiger partial charge on any atom is -0.457 e. The van der Waals surface area contributed by atoms with Gasteiger partial charge in [0.05, 0.1) is 22.3 Å². The molecule has 0 amide bonds. The van der Waals surface area contributed by atoms with Gasteiger partial charge >= 0.3 is 0 Å². The molecule has 0 atom stereocenters. The fourth-order valence-electron chi connectivity index (χ4n) is 3.30. The number of nitrogens with zero attached hydrogens (tertiary/aromatic N) is 3. The second-order valence-corrected chi connectivity index (χ2v) is 8.29. The van der Waals surface area contributed by atoms with E-state index in [9.17, 15) is 14.9 Å². The number of fused-ring (bicyclic) bond motifs is 1. The van der Waals surface area contributed by atoms with E-state index in [4.69, 9.17) is 10.5 Å². The predicted molar refractivity (Wildman–Crippen MR) is 132 cm³/mol. The first-order valence-corrected chi connectivity index (χ1v) is 11.3. The molecule has 0 aliphatic carbocycles. The van der Waals surface area contributed by atoms with Gasteiger partial charge in [-0.1, -0.05) is 42.1 Å². The maximum atomic E-state index is 13.4. The van der Waals surface area contributed by atoms with Crippen molar-refractivity contribution in [3.05, 3.63) is 100 Å². The summed E-state index contributed by atoms with van der Waals surface area (Å²) in [7, 11) is 0. The summed E-state index contributed by atoms with van der Waals surface area (Å²) in [5.74, 6) is 0.805. The number of carbonyl (C=O) groups excluding carboxylic acids is 1. The lowest BCUT2D eigenvalue weighted by Gasteiger charge is -2.14. The van der Waals surface area contributed by atoms with E-state index in [1.165, 1.54) is 11.5 Å². The number of nitriles is 1. The van der Waals surface area contributed by atoms with Crippen LogP contribution in [0.1, 0.15) is 6.92 Å². The van der Waals surface area contributed by atoms with Crippen molar-refractivity contribution in [3.63, 3.8) is 0 Å². The highest BCUT2D eigenvalue weighted by Gasteiger charge is 2.17. The smallest absolute Gasteiger partial charge is 0.266 e. The first kappa shape index (κ1) is 22.8. The number of nitrogens with two attached hydrogens (primary N) is 1. The van der Waals surface area contributed by atoms with Crippen molar-refractivity contribution in [2.45, 2.75) is 12.1 Å². The molecule has 0 radical (unpaired) electrons. The Morgan fingerprint density at radius 1 is 1.03 bits per heavy atom. The van der Waals surface area contributed by atoms with Crippen LogP contribution in [0.5, 0.6) is 11.5 Å². The highest BCUT2D eigenvalue weighted by molar-refractivity contribution is 7.99. The third kappa shape index (κ3) is 4.85. The lowest BCUT2D eigenvalue weighted by atomic mass is 10.2. The van der Waals surface area contributed by atoms with Crippen LogP contribution >= 0.6 is 11.8 Å². The Morgan fingerprint density at radius 2 is 1.68 bits per heavy atom. The number of benzene rings is 3. The molecule has 7 nitrogen and oxygen atoms in total. The second kappa shape index (κ2) is 10.1. The van der Waals surface area contributed by atoms with Crippen molar-refractivity contribution in [1.29, 1.82) is 5.26 Å². The highest BCUT2D eigenvalue weighted by atomic mass is 32.2. The molecule has 1 aromatic heterocycles. The summed E-state index contributed by atoms with van der Waals surface area (Å²) in [4.78, 5) is 30.5. The molecule has 4 aromatic rings. The number of para-hydroxylation sites is 2. The number of ketones is 1. The van der Waals surface area contributed by atoms with Gasteiger partial charge in [-0.25, -0.2) is 4.98 Å². The quantitative estimate of drug-likeness (QED) is 0.183. The van der Waals surface area contributed by atoms with Gasteiger partial charge in [0, 0.05) is 5.70 Å². The lowest BCUT2D eigenvalue weighted by Crippen LogP contribution is -2.22. The molecule has 0 fully saturated rings. The van der Waals surface area contributed by atoms with Crippen molar-refractivity contribution >= 4 is 28.4 Å². The third-order valence-electron chi connectivity index (χ3n) is 4.94. The molecular weight excluding hydrogens is 448 g/mol. The minimum atomic E-state index is -0.423. The Hall–Kier alpha value is -4.35. The molecule has 3 aromatic carbocycles. The number of ether oxygens (including phenoxy) is 1. The van der Waals surface area contributed by atoms with Crippen LogP contribution in [-0.4, -0.2) is 21.1 Å². The summed E-state index contributed by atoms with van der Waals surface area (Å²) in [6.45, 7) is 1.50. The molecule has 34 heavy (non-hydrogen) atoms. The van der Waals surface area contributed by atoms with Crippen LogP contribution in [0.25, 0.3) is 16.6 Å². The van der Waals surface area contributed by atoms with Crippen molar-refractivity contribution in [2.24, 2.45) is 5.73 Å². The van der Waals surface area contributed by atoms with E-state index in [1.807, 2.05) is 36.4 Å². The summed E-state index contributed by atoms with van der Waals surface area (Å²) in [5.41, 5.74) is 6.55. The number of aromatic nitrogens is 2. The fourth-order valence-corrected chi connectivity index (χ4v) is 4.18. The molecule has 0 aliphatic heterocycles. The number of allylic oxidation sites excluding steroid dienone is 2. The molecule has 0 bridgehead atoms. The number of carbonyl (C=O) groups is 1. The summed E-state index contributed by atoms with van der Waals surface area (Å²) < 4.78 is 7.30. The number of hydrogen-bond donors (Lipinski definition) is 1. The lowest BCUT2D eigenvalue weighted by molar-refractivity contribution is -0.112. The Morgan fingerprint density at radius 3 is 2.35 bits per heavy atom. The van der Waals surface area contributed by atoms with E-state index in [2.05, 4.69) is 4.98 Å². The van der Waals surface area contributed by atoms with Crippen molar-refractivity contribution in [2.75, 3.05) is 5.75 Å². The SMILES string of the molecule is C/C(N)=C(/C#N)C(=O)CSc1nc2ccccc2c(=O)n1-c1ccc(Oc2ccccc2)cc1. The van der Waals surface area contributed by atoms with Gasteiger partial charge < -0.3 is 10.5 Å². The standard InChI is InChI=1S/C26H20N4O3S/c1-17(28)22(15-27)24(31)16-34-26-29-23-10-6-5-9-21(23)25(32)30(26)18-11-13-20(14-12-18)33-19-7-3-2-4-8-19/h2-14H,16,28H2,1H3/b22-17+. The van der Waals surface area contributed by atoms with Crippen LogP contribution < -0.4 is 16.0 Å². The maximum Gasteiger partial charge on any atom is 0.266 e. The molecule has 168 valence electrons. The van der Waals surface area contributed by atoms with Crippen molar-refractivity contribution < 1.29 is 9.53 Å². The molecule has 0 unspecified atom stereocenters. The molecule has 4 rings (SSSR count). The Bertz CT molecular complexity index is 1480. The van der Waals surface area contributed by atoms with Crippen LogP contribution in [0.4, 0.5) is 0 Å². The van der Waals surface area contributed by atoms with Gasteiger partial charge in [-0.15, -0.1) is 0 Å². The molecule has 1 heterocycles. The zero-order chi connectivity index (χ0) is 24.1. The zero-order valence-corrected chi connectivity index (χ0v) is 19.1. The van der Waals surface area contributed by atoms with E-state index >= 15 is 0 Å². The molecule has 0 saturated heterocycles. The number of hydrogen-bond acceptors (Lipinski definition) is 7. The normalized spacial score (nSPS) is 11.5. The number of Topliss-reactive ketones (excluding diaryl/α,β-unsaturated/α-hetero) is 1. The Labute approximate surface area is 200 Å². The minimum absolute atomic E-state index is 0.0859. The molecule has 2 N–H and O–H groups in total. The monoisotopic (exact) mass is 468 g/mol. The van der Waals surface area contributed by atoms with Gasteiger partial charge in [0.2, 0.25) is 0 Å². The van der Waals surface area contributed by atoms with Gasteiger partial charge in [-0.2, -0.15) is 5.26 Å². The van der Waals surface area contributed by atoms with E-state index in [1.54, 1.807) is 48.5 Å². The first-order valence-electron chi connectivity index (χ1n) is 10.4. The highest BCUT2D eigenvalue weighted by Crippen LogP contribution is 2.25. The predicted octanol–water partition coefficient (Wildman–Crippen LogP) is 4.60. The van der Waals surface area contributed by atoms with Crippen LogP contribution in [0.15, 0.2) is 100 Å². The van der Waals surface area contributed by atoms with Crippen LogP contribution in [0.3, 0.4) is 0 Å². The van der Waals surface area contributed by atoms with Gasteiger partial charge in [-0.05, 0) is 55.5 Å². The topological polar surface area (TPSA) is 111 Å². The Balaban J connectivity index is 1.72. The molecular formula is C26H20N4O3S. The van der Waals surface area contributed by atoms with Gasteiger partial charge in [0.25, 0.3) is 5.56 Å². The summed E-state index contributed by atoms with van der Waals surface area (Å²) in [6.07, 6.45) is 0. The summed E-state index contributed by atoms with van der Waals surface area (Å²) in [6, 6.07) is 25.3. The van der Waals surface area contributed by atoms with Gasteiger partial charge in [0.1, 0.15) is 23.1 Å². The van der Waals surface area contributed by atoms with E-state index < -0.39 is 5.78 Å². The van der Waals surface area contributed by atoms with E-state index in [0.717, 1.165) is 11.8 Å². The first-order chi connectivity index (χ1) is 16.5. The van der Waals surface area contributed by atoms with Crippen LogP contribution in [0.2, 0.25) is 0 Å². The molecule has 0 saturated carbocycles. The maximum absolute atomic E-state index is 13.4. The van der Waals surface area contributed by atoms with Crippen LogP contribution in [0, 0.1) is 11.3 Å². The molecule has 0 spiro atoms. The summed E-state index contributed by atoms with van der Waals surface area (Å²) in [5, 5.41) is 10.0. The molecule has 8 heteroatoms. The van der Waals surface area contributed by atoms with Gasteiger partial charge in [-0.3, -0.25) is 14.2 Å². The fraction of sp³-hybridized carbons (Fsp3) is 0.0769. The van der Waals surface area contributed by atoms with Crippen molar-refractivity contribution in [3.8, 4) is 23.3 Å². The number of thioether (sulfide) groups is 1. The zero-order valence-electron chi connectivity index (χ0n) is 18.3. The van der Waals surface area contributed by atoms with Crippen molar-refractivity contribution in [1.82, 2.24) is 9.55 Å². The average molecular weight is 469 g/mol. The molecule has 0 aliphatic rings. The number of rotatable bonds is 7. The van der Waals surface area contributed by atoms with E-state index in [-0.39, 0.29) is 22.6 Å². The average Bonchev–Trinajstić information content (AvgIpc) is 2.84. The third-order valence-corrected chi connectivity index (χ3v) is 5.87. The van der Waals surface area contributed by atoms with Gasteiger partial charge in [0.15, 0.2) is 10.9 Å². The second-order valence-electron chi connectivity index (χ2n) is 7.34. The van der Waals surface area contributed by atoms with Crippen LogP contribution in [-0.2, 0) is 4.79 Å². The van der Waals surface area contributed by atoms with E-state index in [0.29, 0.717) is 33.2 Å².